The molecule has 1 aromatic rings. The molecule has 2 heterocycles. The van der Waals surface area contributed by atoms with Gasteiger partial charge in [0.1, 0.15) is 5.38 Å². The highest BCUT2D eigenvalue weighted by molar-refractivity contribution is 6.20. The minimum absolute atomic E-state index is 0.174. The van der Waals surface area contributed by atoms with Gasteiger partial charge in [0.2, 0.25) is 5.89 Å². The zero-order valence-electron chi connectivity index (χ0n) is 10.2. The normalized spacial score (nSPS) is 42.8. The van der Waals surface area contributed by atoms with Crippen molar-refractivity contribution in [1.82, 2.24) is 10.2 Å². The number of alkyl halides is 1. The van der Waals surface area contributed by atoms with E-state index < -0.39 is 0 Å². The Balaban J connectivity index is 1.65. The van der Waals surface area contributed by atoms with E-state index in [2.05, 4.69) is 15.1 Å². The van der Waals surface area contributed by atoms with Gasteiger partial charge in [-0.15, -0.1) is 16.7 Å². The molecule has 2 bridgehead atoms. The molecular weight excluding hydrogens is 254 g/mol. The van der Waals surface area contributed by atoms with Crippen LogP contribution in [0.15, 0.2) is 4.42 Å². The van der Waals surface area contributed by atoms with E-state index in [9.17, 15) is 5.11 Å². The summed E-state index contributed by atoms with van der Waals surface area (Å²) < 4.78 is 5.61. The molecule has 1 aromatic heterocycles. The molecule has 2 saturated carbocycles. The Morgan fingerprint density at radius 1 is 1.39 bits per heavy atom. The highest BCUT2D eigenvalue weighted by Crippen LogP contribution is 2.55. The van der Waals surface area contributed by atoms with Gasteiger partial charge in [-0.25, -0.2) is 0 Å². The van der Waals surface area contributed by atoms with Crippen LogP contribution in [-0.2, 0) is 0 Å². The maximum absolute atomic E-state index is 10.3. The molecule has 1 N–H and O–H groups in total. The molecule has 1 aliphatic heterocycles. The van der Waals surface area contributed by atoms with E-state index in [-0.39, 0.29) is 17.5 Å². The lowest BCUT2D eigenvalue weighted by molar-refractivity contribution is 0.0956. The van der Waals surface area contributed by atoms with E-state index in [1.165, 1.54) is 0 Å². The summed E-state index contributed by atoms with van der Waals surface area (Å²) in [5.41, 5.74) is 0. The van der Waals surface area contributed by atoms with Gasteiger partial charge in [0.15, 0.2) is 0 Å². The standard InChI is InChI=1S/C12H16ClN3O2/c1-5(13)11-14-15-12(18-11)16-4-7-2-6-3-8(7)9(16)10(6)17/h5-10,17H,2-4H2,1H3. The molecule has 0 aromatic carbocycles. The number of rotatable bonds is 2. The first-order valence-electron chi connectivity index (χ1n) is 6.57. The lowest BCUT2D eigenvalue weighted by Crippen LogP contribution is -2.40. The van der Waals surface area contributed by atoms with E-state index in [0.717, 1.165) is 19.4 Å². The van der Waals surface area contributed by atoms with Gasteiger partial charge >= 0.3 is 6.01 Å². The Morgan fingerprint density at radius 2 is 2.22 bits per heavy atom. The van der Waals surface area contributed by atoms with Gasteiger partial charge in [0, 0.05) is 6.54 Å². The predicted molar refractivity (Wildman–Crippen MR) is 65.4 cm³/mol. The maximum Gasteiger partial charge on any atom is 0.318 e. The van der Waals surface area contributed by atoms with E-state index in [4.69, 9.17) is 16.0 Å². The van der Waals surface area contributed by atoms with Gasteiger partial charge in [-0.05, 0) is 37.5 Å². The molecule has 0 radical (unpaired) electrons. The van der Waals surface area contributed by atoms with E-state index in [1.807, 2.05) is 6.92 Å². The second-order valence-corrected chi connectivity index (χ2v) is 6.48. The van der Waals surface area contributed by atoms with Crippen molar-refractivity contribution in [2.45, 2.75) is 37.3 Å². The summed E-state index contributed by atoms with van der Waals surface area (Å²) in [4.78, 5) is 2.10. The van der Waals surface area contributed by atoms with Crippen LogP contribution in [-0.4, -0.2) is 34.0 Å². The van der Waals surface area contributed by atoms with Crippen molar-refractivity contribution in [3.8, 4) is 0 Å². The van der Waals surface area contributed by atoms with Crippen LogP contribution in [0.2, 0.25) is 0 Å². The van der Waals surface area contributed by atoms with E-state index in [0.29, 0.717) is 29.7 Å². The van der Waals surface area contributed by atoms with Gasteiger partial charge in [0.05, 0.1) is 12.1 Å². The van der Waals surface area contributed by atoms with Gasteiger partial charge in [-0.1, -0.05) is 5.10 Å². The Labute approximate surface area is 110 Å². The monoisotopic (exact) mass is 269 g/mol. The van der Waals surface area contributed by atoms with Crippen LogP contribution >= 0.6 is 11.6 Å². The number of hydrogen-bond acceptors (Lipinski definition) is 5. The molecule has 2 aliphatic carbocycles. The molecular formula is C12H16ClN3O2. The molecule has 6 atom stereocenters. The van der Waals surface area contributed by atoms with Gasteiger partial charge in [-0.3, -0.25) is 0 Å². The summed E-state index contributed by atoms with van der Waals surface area (Å²) >= 11 is 5.94. The van der Waals surface area contributed by atoms with Gasteiger partial charge < -0.3 is 14.4 Å². The summed E-state index contributed by atoms with van der Waals surface area (Å²) in [5, 5.41) is 18.1. The lowest BCUT2D eigenvalue weighted by atomic mass is 9.88. The largest absolute Gasteiger partial charge is 0.406 e. The lowest BCUT2D eigenvalue weighted by Gasteiger charge is -2.27. The first kappa shape index (κ1) is 11.1. The smallest absolute Gasteiger partial charge is 0.318 e. The molecule has 0 amide bonds. The zero-order chi connectivity index (χ0) is 12.4. The van der Waals surface area contributed by atoms with Crippen LogP contribution in [0.3, 0.4) is 0 Å². The number of aliphatic hydroxyl groups excluding tert-OH is 1. The molecule has 6 heteroatoms. The van der Waals surface area contributed by atoms with Crippen LogP contribution in [0.5, 0.6) is 0 Å². The fraction of sp³-hybridized carbons (Fsp3) is 0.833. The van der Waals surface area contributed by atoms with Crippen molar-refractivity contribution in [2.24, 2.45) is 17.8 Å². The first-order chi connectivity index (χ1) is 8.65. The Hall–Kier alpha value is -0.810. The highest BCUT2D eigenvalue weighted by Gasteiger charge is 2.59. The average Bonchev–Trinajstić information content (AvgIpc) is 3.02. The molecule has 98 valence electrons. The number of aromatic nitrogens is 2. The summed E-state index contributed by atoms with van der Waals surface area (Å²) in [7, 11) is 0. The third kappa shape index (κ3) is 1.32. The highest BCUT2D eigenvalue weighted by atomic mass is 35.5. The molecule has 0 spiro atoms. The van der Waals surface area contributed by atoms with E-state index in [1.54, 1.807) is 0 Å². The number of halogens is 1. The molecule has 3 aliphatic rings. The van der Waals surface area contributed by atoms with Crippen LogP contribution in [0.25, 0.3) is 0 Å². The average molecular weight is 270 g/mol. The number of fused-ring (bicyclic) bond motifs is 1. The van der Waals surface area contributed by atoms with Crippen molar-refractivity contribution in [2.75, 3.05) is 11.4 Å². The van der Waals surface area contributed by atoms with Gasteiger partial charge in [-0.2, -0.15) is 0 Å². The number of nitrogens with zero attached hydrogens (tertiary/aromatic N) is 3. The molecule has 4 rings (SSSR count). The molecule has 1 saturated heterocycles. The summed E-state index contributed by atoms with van der Waals surface area (Å²) in [6, 6.07) is 0.698. The fourth-order valence-corrected chi connectivity index (χ4v) is 4.23. The van der Waals surface area contributed by atoms with Gasteiger partial charge in [0.25, 0.3) is 0 Å². The second-order valence-electron chi connectivity index (χ2n) is 5.83. The fourth-order valence-electron chi connectivity index (χ4n) is 4.14. The number of anilines is 1. The van der Waals surface area contributed by atoms with Crippen LogP contribution < -0.4 is 4.90 Å². The summed E-state index contributed by atoms with van der Waals surface area (Å²) in [6.07, 6.45) is 2.06. The number of hydrogen-bond donors (Lipinski definition) is 1. The maximum atomic E-state index is 10.3. The molecule has 5 nitrogen and oxygen atoms in total. The minimum Gasteiger partial charge on any atom is -0.406 e. The predicted octanol–water partition coefficient (Wildman–Crippen LogP) is 1.57. The topological polar surface area (TPSA) is 62.4 Å². The van der Waals surface area contributed by atoms with Crippen molar-refractivity contribution in [1.29, 1.82) is 0 Å². The third-order valence-corrected chi connectivity index (χ3v) is 5.05. The SMILES string of the molecule is CC(Cl)c1nnc(N2CC3CC4CC3C2C4O)o1. The van der Waals surface area contributed by atoms with Crippen LogP contribution in [0.1, 0.15) is 31.0 Å². The summed E-state index contributed by atoms with van der Waals surface area (Å²) in [6.45, 7) is 2.74. The minimum atomic E-state index is -0.271. The Morgan fingerprint density at radius 3 is 2.89 bits per heavy atom. The second kappa shape index (κ2) is 3.61. The van der Waals surface area contributed by atoms with E-state index >= 15 is 0 Å². The van der Waals surface area contributed by atoms with Crippen molar-refractivity contribution >= 4 is 17.6 Å². The zero-order valence-corrected chi connectivity index (χ0v) is 10.9. The molecule has 3 fully saturated rings. The molecule has 6 unspecified atom stereocenters. The quantitative estimate of drug-likeness (QED) is 0.826. The van der Waals surface area contributed by atoms with Crippen LogP contribution in [0, 0.1) is 17.8 Å². The Kier molecular flexibility index (Phi) is 2.21. The molecule has 18 heavy (non-hydrogen) atoms. The first-order valence-corrected chi connectivity index (χ1v) is 7.01. The van der Waals surface area contributed by atoms with Crippen molar-refractivity contribution in [3.63, 3.8) is 0 Å². The van der Waals surface area contributed by atoms with Crippen LogP contribution in [0.4, 0.5) is 6.01 Å². The van der Waals surface area contributed by atoms with Crippen molar-refractivity contribution < 1.29 is 9.52 Å². The van der Waals surface area contributed by atoms with Crippen molar-refractivity contribution in [3.05, 3.63) is 5.89 Å². The summed E-state index contributed by atoms with van der Waals surface area (Å²) in [5.74, 6) is 2.22. The number of aliphatic hydroxyl groups is 1. The Bertz CT molecular complexity index is 476. The third-order valence-electron chi connectivity index (χ3n) is 4.86.